The maximum absolute atomic E-state index is 13.3. The van der Waals surface area contributed by atoms with Crippen LogP contribution in [0.25, 0.3) is 16.5 Å². The van der Waals surface area contributed by atoms with Crippen LogP contribution in [0, 0.1) is 12.7 Å². The number of hydrogen-bond acceptors (Lipinski definition) is 1. The van der Waals surface area contributed by atoms with Crippen molar-refractivity contribution in [1.82, 2.24) is 0 Å². The number of rotatable bonds is 3. The number of azide groups is 1. The van der Waals surface area contributed by atoms with Crippen LogP contribution in [0.15, 0.2) is 23.3 Å². The summed E-state index contributed by atoms with van der Waals surface area (Å²) in [6, 6.07) is 2.91. The molecule has 0 fully saturated rings. The van der Waals surface area contributed by atoms with E-state index in [1.807, 2.05) is 0 Å². The Bertz CT molecular complexity index is 437. The van der Waals surface area contributed by atoms with E-state index >= 15 is 0 Å². The van der Waals surface area contributed by atoms with Crippen molar-refractivity contribution in [2.45, 2.75) is 6.92 Å². The third-order valence-electron chi connectivity index (χ3n) is 1.83. The topological polar surface area (TPSA) is 48.8 Å². The van der Waals surface area contributed by atoms with Gasteiger partial charge in [-0.2, -0.15) is 0 Å². The first kappa shape index (κ1) is 11.6. The minimum atomic E-state index is -0.339. The summed E-state index contributed by atoms with van der Waals surface area (Å²) in [6.07, 6.45) is 3.11. The fourth-order valence-electron chi connectivity index (χ4n) is 1.05. The summed E-state index contributed by atoms with van der Waals surface area (Å²) < 4.78 is 13.3. The molecule has 0 atom stereocenters. The van der Waals surface area contributed by atoms with Gasteiger partial charge in [-0.15, -0.1) is 0 Å². The molecule has 0 aliphatic rings. The Morgan fingerprint density at radius 3 is 3.00 bits per heavy atom. The van der Waals surface area contributed by atoms with Gasteiger partial charge in [-0.25, -0.2) is 4.39 Å². The van der Waals surface area contributed by atoms with Crippen molar-refractivity contribution in [3.63, 3.8) is 0 Å². The maximum atomic E-state index is 13.3. The zero-order chi connectivity index (χ0) is 11.3. The van der Waals surface area contributed by atoms with E-state index in [0.717, 1.165) is 0 Å². The van der Waals surface area contributed by atoms with Gasteiger partial charge >= 0.3 is 0 Å². The van der Waals surface area contributed by atoms with Crippen LogP contribution in [-0.4, -0.2) is 6.54 Å². The minimum Gasteiger partial charge on any atom is -0.206 e. The van der Waals surface area contributed by atoms with Gasteiger partial charge in [-0.3, -0.25) is 0 Å². The van der Waals surface area contributed by atoms with Crippen LogP contribution in [0.3, 0.4) is 0 Å². The van der Waals surface area contributed by atoms with Gasteiger partial charge < -0.3 is 0 Å². The van der Waals surface area contributed by atoms with Crippen molar-refractivity contribution in [1.29, 1.82) is 0 Å². The molecule has 78 valence electrons. The monoisotopic (exact) mass is 225 g/mol. The Morgan fingerprint density at radius 2 is 2.33 bits per heavy atom. The third-order valence-corrected chi connectivity index (χ3v) is 2.23. The maximum Gasteiger partial charge on any atom is 0.130 e. The molecule has 0 saturated heterocycles. The van der Waals surface area contributed by atoms with Crippen molar-refractivity contribution < 1.29 is 4.39 Å². The summed E-state index contributed by atoms with van der Waals surface area (Å²) in [5.74, 6) is -0.339. The molecule has 3 nitrogen and oxygen atoms in total. The molecule has 15 heavy (non-hydrogen) atoms. The highest BCUT2D eigenvalue weighted by molar-refractivity contribution is 6.31. The summed E-state index contributed by atoms with van der Waals surface area (Å²) in [7, 11) is 0. The van der Waals surface area contributed by atoms with Crippen molar-refractivity contribution in [3.8, 4) is 0 Å². The van der Waals surface area contributed by atoms with E-state index < -0.39 is 0 Å². The van der Waals surface area contributed by atoms with E-state index in [1.165, 1.54) is 12.1 Å². The molecule has 1 aromatic carbocycles. The summed E-state index contributed by atoms with van der Waals surface area (Å²) in [6.45, 7) is 1.93. The first-order valence-electron chi connectivity index (χ1n) is 4.28. The first-order valence-corrected chi connectivity index (χ1v) is 4.66. The molecule has 1 aromatic rings. The fourth-order valence-corrected chi connectivity index (χ4v) is 1.22. The lowest BCUT2D eigenvalue weighted by Crippen LogP contribution is -1.85. The van der Waals surface area contributed by atoms with Crippen molar-refractivity contribution >= 4 is 17.7 Å². The molecular weight excluding hydrogens is 217 g/mol. The molecule has 0 amide bonds. The van der Waals surface area contributed by atoms with Crippen molar-refractivity contribution in [3.05, 3.63) is 50.6 Å². The zero-order valence-corrected chi connectivity index (χ0v) is 8.87. The smallest absolute Gasteiger partial charge is 0.130 e. The quantitative estimate of drug-likeness (QED) is 0.422. The molecule has 0 aliphatic carbocycles. The number of aryl methyl sites for hydroxylation is 1. The second-order valence-corrected chi connectivity index (χ2v) is 3.35. The number of benzene rings is 1. The van der Waals surface area contributed by atoms with Crippen molar-refractivity contribution in [2.24, 2.45) is 5.11 Å². The molecule has 5 heteroatoms. The van der Waals surface area contributed by atoms with Crippen LogP contribution in [-0.2, 0) is 0 Å². The van der Waals surface area contributed by atoms with Crippen LogP contribution in [0.5, 0.6) is 0 Å². The predicted octanol–water partition coefficient (Wildman–Crippen LogP) is 4.11. The SMILES string of the molecule is Cc1cc(F)c(C=CCN=[N+]=[N-])cc1Cl. The lowest BCUT2D eigenvalue weighted by molar-refractivity contribution is 0.624. The molecular formula is C10H9ClFN3. The predicted molar refractivity (Wildman–Crippen MR) is 59.2 cm³/mol. The average molecular weight is 226 g/mol. The Morgan fingerprint density at radius 1 is 1.60 bits per heavy atom. The Kier molecular flexibility index (Phi) is 4.16. The van der Waals surface area contributed by atoms with E-state index in [4.69, 9.17) is 17.1 Å². The second-order valence-electron chi connectivity index (χ2n) is 2.94. The Balaban J connectivity index is 2.90. The van der Waals surface area contributed by atoms with Gasteiger partial charge in [0.1, 0.15) is 5.82 Å². The third kappa shape index (κ3) is 3.27. The standard InChI is InChI=1S/C10H9ClFN3/c1-7-5-10(12)8(6-9(7)11)3-2-4-14-15-13/h2-3,5-6H,4H2,1H3. The van der Waals surface area contributed by atoms with Crippen LogP contribution >= 0.6 is 11.6 Å². The molecule has 0 saturated carbocycles. The highest BCUT2D eigenvalue weighted by Crippen LogP contribution is 2.20. The summed E-state index contributed by atoms with van der Waals surface area (Å²) in [5, 5.41) is 3.81. The van der Waals surface area contributed by atoms with Crippen LogP contribution in [0.4, 0.5) is 4.39 Å². The van der Waals surface area contributed by atoms with Gasteiger partial charge in [0.2, 0.25) is 0 Å². The van der Waals surface area contributed by atoms with E-state index in [2.05, 4.69) is 10.0 Å². The minimum absolute atomic E-state index is 0.196. The first-order chi connectivity index (χ1) is 7.15. The molecule has 0 aromatic heterocycles. The normalized spacial score (nSPS) is 10.3. The van der Waals surface area contributed by atoms with Crippen LogP contribution in [0.1, 0.15) is 11.1 Å². The van der Waals surface area contributed by atoms with Crippen LogP contribution < -0.4 is 0 Å². The molecule has 0 spiro atoms. The number of nitrogens with zero attached hydrogens (tertiary/aromatic N) is 3. The Labute approximate surface area is 91.8 Å². The largest absolute Gasteiger partial charge is 0.206 e. The molecule has 0 aliphatic heterocycles. The summed E-state index contributed by atoms with van der Waals surface area (Å²) in [4.78, 5) is 2.57. The van der Waals surface area contributed by atoms with Gasteiger partial charge in [0.15, 0.2) is 0 Å². The van der Waals surface area contributed by atoms with E-state index in [0.29, 0.717) is 16.1 Å². The Hall–Kier alpha value is -1.51. The lowest BCUT2D eigenvalue weighted by Gasteiger charge is -2.01. The van der Waals surface area contributed by atoms with E-state index in [-0.39, 0.29) is 12.4 Å². The molecule has 1 rings (SSSR count). The summed E-state index contributed by atoms with van der Waals surface area (Å²) >= 11 is 5.84. The fraction of sp³-hybridized carbons (Fsp3) is 0.200. The van der Waals surface area contributed by atoms with Crippen molar-refractivity contribution in [2.75, 3.05) is 6.54 Å². The molecule has 0 heterocycles. The second kappa shape index (κ2) is 5.39. The number of hydrogen-bond donors (Lipinski definition) is 0. The molecule has 0 bridgehead atoms. The summed E-state index contributed by atoms with van der Waals surface area (Å²) in [5.41, 5.74) is 9.11. The molecule has 0 radical (unpaired) electrons. The zero-order valence-electron chi connectivity index (χ0n) is 8.11. The lowest BCUT2D eigenvalue weighted by atomic mass is 10.1. The van der Waals surface area contributed by atoms with E-state index in [1.54, 1.807) is 19.1 Å². The van der Waals surface area contributed by atoms with E-state index in [9.17, 15) is 4.39 Å². The van der Waals surface area contributed by atoms with Gasteiger partial charge in [-0.1, -0.05) is 28.9 Å². The molecule has 0 unspecified atom stereocenters. The average Bonchev–Trinajstić information content (AvgIpc) is 2.20. The number of halogens is 2. The van der Waals surface area contributed by atoms with Gasteiger partial charge in [0.25, 0.3) is 0 Å². The highest BCUT2D eigenvalue weighted by Gasteiger charge is 2.02. The molecule has 0 N–H and O–H groups in total. The van der Waals surface area contributed by atoms with Crippen LogP contribution in [0.2, 0.25) is 5.02 Å². The van der Waals surface area contributed by atoms with Gasteiger partial charge in [-0.05, 0) is 30.2 Å². The van der Waals surface area contributed by atoms with Gasteiger partial charge in [0, 0.05) is 22.0 Å². The van der Waals surface area contributed by atoms with Gasteiger partial charge in [0.05, 0.1) is 0 Å². The highest BCUT2D eigenvalue weighted by atomic mass is 35.5.